The molecule has 0 aromatic heterocycles. The zero-order chi connectivity index (χ0) is 25.1. The first-order valence-corrected chi connectivity index (χ1v) is 11.7. The molecule has 2 amide bonds. The molecule has 2 saturated heterocycles. The summed E-state index contributed by atoms with van der Waals surface area (Å²) in [6.07, 6.45) is 2.73. The number of piperidine rings is 1. The van der Waals surface area contributed by atoms with Crippen LogP contribution in [0.25, 0.3) is 5.76 Å². The van der Waals surface area contributed by atoms with Crippen LogP contribution in [-0.2, 0) is 14.3 Å². The van der Waals surface area contributed by atoms with Crippen molar-refractivity contribution in [1.29, 1.82) is 0 Å². The van der Waals surface area contributed by atoms with Crippen LogP contribution in [0.1, 0.15) is 43.2 Å². The Hall–Kier alpha value is -3.46. The summed E-state index contributed by atoms with van der Waals surface area (Å²) in [6, 6.07) is 9.34. The molecule has 1 atom stereocenters. The van der Waals surface area contributed by atoms with Gasteiger partial charge in [-0.2, -0.15) is 0 Å². The van der Waals surface area contributed by atoms with E-state index in [-0.39, 0.29) is 30.5 Å². The Labute approximate surface area is 206 Å². The van der Waals surface area contributed by atoms with E-state index in [4.69, 9.17) is 22.1 Å². The normalized spacial score (nSPS) is 19.4. The Balaban J connectivity index is 1.40. The third-order valence-electron chi connectivity index (χ3n) is 5.92. The van der Waals surface area contributed by atoms with Crippen molar-refractivity contribution in [2.75, 3.05) is 18.0 Å². The molecule has 0 saturated carbocycles. The number of aliphatic imine (C=N–C) groups is 1. The molecule has 0 bridgehead atoms. The van der Waals surface area contributed by atoms with Gasteiger partial charge in [0.25, 0.3) is 6.02 Å². The molecule has 35 heavy (non-hydrogen) atoms. The summed E-state index contributed by atoms with van der Waals surface area (Å²) in [5, 5.41) is 2.74. The Bertz CT molecular complexity index is 1170. The fourth-order valence-electron chi connectivity index (χ4n) is 4.14. The number of ether oxygens (including phenoxy) is 1. The number of nitrogens with one attached hydrogen (secondary N) is 1. The lowest BCUT2D eigenvalue weighted by atomic mass is 9.89. The predicted octanol–water partition coefficient (Wildman–Crippen LogP) is 4.11. The van der Waals surface area contributed by atoms with E-state index >= 15 is 0 Å². The van der Waals surface area contributed by atoms with E-state index in [2.05, 4.69) is 10.3 Å². The van der Waals surface area contributed by atoms with E-state index in [0.29, 0.717) is 29.6 Å². The average molecular weight is 503 g/mol. The number of carbonyl (C=O) groups excluding carboxylic acids is 2. The maximum absolute atomic E-state index is 14.8. The molecule has 2 aliphatic rings. The predicted molar refractivity (Wildman–Crippen MR) is 130 cm³/mol. The fraction of sp³-hybridized carbons (Fsp3) is 0.320. The standard InChI is InChI=1S/C25H25ClF2N4O3/c1-2-3-21(14-4-6-15(26)7-5-14)35-25(29)30-16-12-32(13-16)17-10-19(27)23(20(28)11-17)18-8-9-22(33)31-24(18)34/h3-7,10-11,16,18H,2,8-9,12-13H2,1H3,(H2,29,30)(H,31,33,34)/b21-3+. The first-order chi connectivity index (χ1) is 16.7. The number of nitrogens with zero attached hydrogens (tertiary/aromatic N) is 2. The van der Waals surface area contributed by atoms with Crippen LogP contribution in [-0.4, -0.2) is 37.0 Å². The second-order valence-corrected chi connectivity index (χ2v) is 8.87. The maximum atomic E-state index is 14.8. The van der Waals surface area contributed by atoms with Crippen molar-refractivity contribution in [2.45, 2.75) is 38.1 Å². The van der Waals surface area contributed by atoms with Crippen LogP contribution in [0.15, 0.2) is 47.5 Å². The van der Waals surface area contributed by atoms with Gasteiger partial charge in [0.1, 0.15) is 17.4 Å². The molecule has 10 heteroatoms. The smallest absolute Gasteiger partial charge is 0.287 e. The van der Waals surface area contributed by atoms with E-state index in [9.17, 15) is 18.4 Å². The molecule has 1 unspecified atom stereocenters. The topological polar surface area (TPSA) is 97.0 Å². The van der Waals surface area contributed by atoms with Crippen LogP contribution in [0, 0.1) is 11.6 Å². The number of amides is 2. The van der Waals surface area contributed by atoms with Crippen molar-refractivity contribution in [1.82, 2.24) is 5.32 Å². The van der Waals surface area contributed by atoms with Gasteiger partial charge in [0, 0.05) is 41.3 Å². The average Bonchev–Trinajstić information content (AvgIpc) is 2.77. The van der Waals surface area contributed by atoms with Gasteiger partial charge in [-0.15, -0.1) is 0 Å². The highest BCUT2D eigenvalue weighted by Crippen LogP contribution is 2.33. The zero-order valence-electron chi connectivity index (χ0n) is 19.1. The summed E-state index contributed by atoms with van der Waals surface area (Å²) in [6.45, 7) is 2.77. The van der Waals surface area contributed by atoms with Crippen LogP contribution >= 0.6 is 11.6 Å². The first kappa shape index (κ1) is 24.7. The van der Waals surface area contributed by atoms with Gasteiger partial charge in [-0.25, -0.2) is 13.8 Å². The lowest BCUT2D eigenvalue weighted by molar-refractivity contribution is -0.134. The first-order valence-electron chi connectivity index (χ1n) is 11.3. The van der Waals surface area contributed by atoms with Gasteiger partial charge in [-0.1, -0.05) is 18.5 Å². The number of amidine groups is 1. The SMILES string of the molecule is CC/C=C(/OC(N)=NC1CN(c2cc(F)c(C3CCC(=O)NC3=O)c(F)c2)C1)c1ccc(Cl)cc1. The molecule has 184 valence electrons. The zero-order valence-corrected chi connectivity index (χ0v) is 19.8. The second kappa shape index (κ2) is 10.4. The van der Waals surface area contributed by atoms with E-state index in [1.54, 1.807) is 17.0 Å². The van der Waals surface area contributed by atoms with Gasteiger partial charge < -0.3 is 15.4 Å². The van der Waals surface area contributed by atoms with Gasteiger partial charge in [0.05, 0.1) is 12.0 Å². The quantitative estimate of drug-likeness (QED) is 0.268. The summed E-state index contributed by atoms with van der Waals surface area (Å²) >= 11 is 5.95. The highest BCUT2D eigenvalue weighted by atomic mass is 35.5. The number of imide groups is 1. The minimum Gasteiger partial charge on any atom is -0.426 e. The van der Waals surface area contributed by atoms with E-state index < -0.39 is 29.4 Å². The number of hydrogen-bond donors (Lipinski definition) is 2. The number of nitrogens with two attached hydrogens (primary N) is 1. The number of carbonyl (C=O) groups is 2. The number of hydrogen-bond acceptors (Lipinski definition) is 5. The number of anilines is 1. The van der Waals surface area contributed by atoms with E-state index in [1.807, 2.05) is 25.1 Å². The molecule has 0 aliphatic carbocycles. The number of allylic oxidation sites excluding steroid dienone is 1. The molecule has 0 radical (unpaired) electrons. The van der Waals surface area contributed by atoms with Gasteiger partial charge in [0.15, 0.2) is 0 Å². The minimum absolute atomic E-state index is 0.00475. The molecule has 7 nitrogen and oxygen atoms in total. The third kappa shape index (κ3) is 5.62. The summed E-state index contributed by atoms with van der Waals surface area (Å²) < 4.78 is 35.3. The molecule has 2 heterocycles. The van der Waals surface area contributed by atoms with Gasteiger partial charge in [-0.05, 0) is 55.3 Å². The van der Waals surface area contributed by atoms with Crippen molar-refractivity contribution in [3.63, 3.8) is 0 Å². The Morgan fingerprint density at radius 3 is 2.49 bits per heavy atom. The molecule has 4 rings (SSSR count). The molecular weight excluding hydrogens is 478 g/mol. The molecule has 2 aliphatic heterocycles. The maximum Gasteiger partial charge on any atom is 0.287 e. The van der Waals surface area contributed by atoms with E-state index in [1.165, 1.54) is 12.1 Å². The monoisotopic (exact) mass is 502 g/mol. The summed E-state index contributed by atoms with van der Waals surface area (Å²) in [5.41, 5.74) is 6.84. The van der Waals surface area contributed by atoms with Gasteiger partial charge in [-0.3, -0.25) is 14.9 Å². The van der Waals surface area contributed by atoms with Crippen molar-refractivity contribution < 1.29 is 23.1 Å². The molecular formula is C25H25ClF2N4O3. The summed E-state index contributed by atoms with van der Waals surface area (Å²) in [7, 11) is 0. The van der Waals surface area contributed by atoms with Crippen LogP contribution in [0.4, 0.5) is 14.5 Å². The number of rotatable bonds is 6. The van der Waals surface area contributed by atoms with Crippen LogP contribution < -0.4 is 16.0 Å². The van der Waals surface area contributed by atoms with Crippen LogP contribution in [0.3, 0.4) is 0 Å². The van der Waals surface area contributed by atoms with Crippen molar-refractivity contribution in [3.8, 4) is 0 Å². The Kier molecular flexibility index (Phi) is 7.35. The van der Waals surface area contributed by atoms with Gasteiger partial charge >= 0.3 is 0 Å². The molecule has 2 aromatic rings. The van der Waals surface area contributed by atoms with Crippen LogP contribution in [0.5, 0.6) is 0 Å². The van der Waals surface area contributed by atoms with Crippen molar-refractivity contribution >= 4 is 40.9 Å². The lowest BCUT2D eigenvalue weighted by Gasteiger charge is -2.39. The largest absolute Gasteiger partial charge is 0.426 e. The van der Waals surface area contributed by atoms with Crippen LogP contribution in [0.2, 0.25) is 5.02 Å². The molecule has 3 N–H and O–H groups in total. The summed E-state index contributed by atoms with van der Waals surface area (Å²) in [5.74, 6) is -3.23. The minimum atomic E-state index is -1.03. The van der Waals surface area contributed by atoms with E-state index in [0.717, 1.165) is 12.0 Å². The van der Waals surface area contributed by atoms with Crippen molar-refractivity contribution in [3.05, 3.63) is 70.3 Å². The molecule has 2 aromatic carbocycles. The second-order valence-electron chi connectivity index (χ2n) is 8.44. The Morgan fingerprint density at radius 2 is 1.89 bits per heavy atom. The van der Waals surface area contributed by atoms with Crippen molar-refractivity contribution in [2.24, 2.45) is 10.7 Å². The highest BCUT2D eigenvalue weighted by molar-refractivity contribution is 6.30. The third-order valence-corrected chi connectivity index (χ3v) is 6.17. The van der Waals surface area contributed by atoms with Gasteiger partial charge in [0.2, 0.25) is 11.8 Å². The number of halogens is 3. The Morgan fingerprint density at radius 1 is 1.23 bits per heavy atom. The lowest BCUT2D eigenvalue weighted by Crippen LogP contribution is -2.51. The molecule has 2 fully saturated rings. The fourth-order valence-corrected chi connectivity index (χ4v) is 4.27. The molecule has 0 spiro atoms. The number of benzene rings is 2. The summed E-state index contributed by atoms with van der Waals surface area (Å²) in [4.78, 5) is 29.5. The highest BCUT2D eigenvalue weighted by Gasteiger charge is 2.34.